The second-order valence-corrected chi connectivity index (χ2v) is 6.46. The fourth-order valence-electron chi connectivity index (χ4n) is 2.46. The first-order valence-corrected chi connectivity index (χ1v) is 7.34. The van der Waals surface area contributed by atoms with Crippen molar-refractivity contribution >= 4 is 40.2 Å². The monoisotopic (exact) mass is 373 g/mol. The topological polar surface area (TPSA) is 66.4 Å². The quantitative estimate of drug-likeness (QED) is 0.797. The van der Waals surface area contributed by atoms with Crippen LogP contribution in [-0.4, -0.2) is 17.0 Å². The van der Waals surface area contributed by atoms with Crippen molar-refractivity contribution < 1.29 is 14.7 Å². The highest BCUT2D eigenvalue weighted by Gasteiger charge is 2.36. The summed E-state index contributed by atoms with van der Waals surface area (Å²) in [5.41, 5.74) is 0.159. The second kappa shape index (κ2) is 5.48. The van der Waals surface area contributed by atoms with E-state index in [-0.39, 0.29) is 16.9 Å². The van der Waals surface area contributed by atoms with Crippen molar-refractivity contribution in [2.45, 2.75) is 32.6 Å². The third-order valence-corrected chi connectivity index (χ3v) is 4.39. The lowest BCUT2D eigenvalue weighted by Crippen LogP contribution is -2.31. The first-order chi connectivity index (χ1) is 8.92. The summed E-state index contributed by atoms with van der Waals surface area (Å²) >= 11 is 2.05. The van der Waals surface area contributed by atoms with Crippen LogP contribution in [0.2, 0.25) is 0 Å². The number of rotatable bonds is 3. The standard InChI is InChI=1S/C14H16INO3/c1-14(6-2-3-7-14)13(19)16-11-5-4-9(15)8-10(11)12(17)18/h4-5,8H,2-3,6-7H2,1H3,(H,16,19)(H,17,18). The second-order valence-electron chi connectivity index (χ2n) is 5.22. The molecule has 2 rings (SSSR count). The van der Waals surface area contributed by atoms with E-state index in [9.17, 15) is 14.7 Å². The maximum Gasteiger partial charge on any atom is 0.337 e. The zero-order valence-electron chi connectivity index (χ0n) is 10.7. The van der Waals surface area contributed by atoms with Crippen LogP contribution >= 0.6 is 22.6 Å². The predicted octanol–water partition coefficient (Wildman–Crippen LogP) is 3.51. The molecule has 1 amide bonds. The molecule has 0 heterocycles. The van der Waals surface area contributed by atoms with Gasteiger partial charge >= 0.3 is 5.97 Å². The summed E-state index contributed by atoms with van der Waals surface area (Å²) in [6.07, 6.45) is 3.85. The van der Waals surface area contributed by atoms with Crippen LogP contribution in [0.25, 0.3) is 0 Å². The molecule has 4 nitrogen and oxygen atoms in total. The van der Waals surface area contributed by atoms with Gasteiger partial charge < -0.3 is 10.4 Å². The summed E-state index contributed by atoms with van der Waals surface area (Å²) in [7, 11) is 0. The number of aromatic carboxylic acids is 1. The van der Waals surface area contributed by atoms with E-state index >= 15 is 0 Å². The summed E-state index contributed by atoms with van der Waals surface area (Å²) in [5.74, 6) is -1.10. The van der Waals surface area contributed by atoms with Gasteiger partial charge in [-0.2, -0.15) is 0 Å². The van der Waals surface area contributed by atoms with E-state index in [1.807, 2.05) is 6.92 Å². The lowest BCUT2D eigenvalue weighted by Gasteiger charge is -2.22. The van der Waals surface area contributed by atoms with E-state index in [0.29, 0.717) is 5.69 Å². The molecular formula is C14H16INO3. The smallest absolute Gasteiger partial charge is 0.337 e. The van der Waals surface area contributed by atoms with E-state index in [4.69, 9.17) is 0 Å². The highest BCUT2D eigenvalue weighted by molar-refractivity contribution is 14.1. The number of hydrogen-bond acceptors (Lipinski definition) is 2. The van der Waals surface area contributed by atoms with Gasteiger partial charge in [-0.05, 0) is 53.6 Å². The Morgan fingerprint density at radius 1 is 1.32 bits per heavy atom. The van der Waals surface area contributed by atoms with Crippen molar-refractivity contribution in [3.8, 4) is 0 Å². The lowest BCUT2D eigenvalue weighted by atomic mass is 9.87. The van der Waals surface area contributed by atoms with Gasteiger partial charge in [0.15, 0.2) is 0 Å². The number of carboxylic acid groups (broad SMARTS) is 1. The summed E-state index contributed by atoms with van der Waals surface area (Å²) in [5, 5.41) is 12.0. The van der Waals surface area contributed by atoms with Crippen LogP contribution in [0.15, 0.2) is 18.2 Å². The number of carbonyl (C=O) groups is 2. The van der Waals surface area contributed by atoms with Crippen LogP contribution in [0.1, 0.15) is 43.0 Å². The van der Waals surface area contributed by atoms with Crippen LogP contribution in [0, 0.1) is 8.99 Å². The Hall–Kier alpha value is -1.11. The molecule has 0 unspecified atom stereocenters. The fourth-order valence-corrected chi connectivity index (χ4v) is 2.95. The number of nitrogens with one attached hydrogen (secondary N) is 1. The van der Waals surface area contributed by atoms with Gasteiger partial charge in [0.2, 0.25) is 5.91 Å². The van der Waals surface area contributed by atoms with Crippen molar-refractivity contribution in [2.75, 3.05) is 5.32 Å². The Morgan fingerprint density at radius 2 is 1.95 bits per heavy atom. The predicted molar refractivity (Wildman–Crippen MR) is 81.3 cm³/mol. The van der Waals surface area contributed by atoms with Crippen LogP contribution < -0.4 is 5.32 Å². The Balaban J connectivity index is 2.23. The average Bonchev–Trinajstić information content (AvgIpc) is 2.79. The van der Waals surface area contributed by atoms with Crippen molar-refractivity contribution in [1.82, 2.24) is 0 Å². The van der Waals surface area contributed by atoms with Gasteiger partial charge in [0, 0.05) is 8.99 Å². The number of benzene rings is 1. The Bertz CT molecular complexity index is 521. The van der Waals surface area contributed by atoms with Gasteiger partial charge in [0.25, 0.3) is 0 Å². The maximum atomic E-state index is 12.3. The van der Waals surface area contributed by atoms with E-state index in [2.05, 4.69) is 27.9 Å². The first-order valence-electron chi connectivity index (χ1n) is 6.27. The molecule has 19 heavy (non-hydrogen) atoms. The summed E-state index contributed by atoms with van der Waals surface area (Å²) in [6, 6.07) is 5.01. The van der Waals surface area contributed by atoms with Crippen LogP contribution in [0.5, 0.6) is 0 Å². The number of carbonyl (C=O) groups excluding carboxylic acids is 1. The van der Waals surface area contributed by atoms with Crippen molar-refractivity contribution in [1.29, 1.82) is 0 Å². The molecule has 102 valence electrons. The molecule has 1 fully saturated rings. The first kappa shape index (κ1) is 14.3. The maximum absolute atomic E-state index is 12.3. The third kappa shape index (κ3) is 3.08. The van der Waals surface area contributed by atoms with Gasteiger partial charge in [0.05, 0.1) is 11.3 Å². The molecule has 1 aliphatic carbocycles. The number of carboxylic acids is 1. The molecule has 2 N–H and O–H groups in total. The highest BCUT2D eigenvalue weighted by Crippen LogP contribution is 2.38. The number of halogens is 1. The Labute approximate surface area is 125 Å². The molecule has 0 aromatic heterocycles. The van der Waals surface area contributed by atoms with Crippen molar-refractivity contribution in [2.24, 2.45) is 5.41 Å². The zero-order chi connectivity index (χ0) is 14.0. The molecule has 1 saturated carbocycles. The minimum absolute atomic E-state index is 0.0753. The van der Waals surface area contributed by atoms with Crippen LogP contribution in [-0.2, 0) is 4.79 Å². The molecule has 1 aromatic rings. The summed E-state index contributed by atoms with van der Waals surface area (Å²) in [4.78, 5) is 23.5. The van der Waals surface area contributed by atoms with E-state index in [1.54, 1.807) is 18.2 Å². The SMILES string of the molecule is CC1(C(=O)Nc2ccc(I)cc2C(=O)O)CCCC1. The molecule has 0 atom stereocenters. The Morgan fingerprint density at radius 3 is 2.53 bits per heavy atom. The Kier molecular flexibility index (Phi) is 4.13. The number of amides is 1. The van der Waals surface area contributed by atoms with Crippen molar-refractivity contribution in [3.63, 3.8) is 0 Å². The molecule has 1 aliphatic rings. The largest absolute Gasteiger partial charge is 0.478 e. The average molecular weight is 373 g/mol. The summed E-state index contributed by atoms with van der Waals surface area (Å²) in [6.45, 7) is 1.95. The third-order valence-electron chi connectivity index (χ3n) is 3.72. The molecule has 0 bridgehead atoms. The number of anilines is 1. The molecule has 0 aliphatic heterocycles. The molecule has 1 aromatic carbocycles. The van der Waals surface area contributed by atoms with Gasteiger partial charge in [-0.15, -0.1) is 0 Å². The van der Waals surface area contributed by atoms with E-state index < -0.39 is 5.97 Å². The molecule has 5 heteroatoms. The van der Waals surface area contributed by atoms with Gasteiger partial charge in [-0.3, -0.25) is 4.79 Å². The highest BCUT2D eigenvalue weighted by atomic mass is 127. The minimum Gasteiger partial charge on any atom is -0.478 e. The number of hydrogen-bond donors (Lipinski definition) is 2. The van der Waals surface area contributed by atoms with Gasteiger partial charge in [-0.1, -0.05) is 19.8 Å². The fraction of sp³-hybridized carbons (Fsp3) is 0.429. The molecule has 0 radical (unpaired) electrons. The minimum atomic E-state index is -1.02. The van der Waals surface area contributed by atoms with Crippen LogP contribution in [0.3, 0.4) is 0 Å². The van der Waals surface area contributed by atoms with E-state index in [1.165, 1.54) is 0 Å². The summed E-state index contributed by atoms with van der Waals surface area (Å²) < 4.78 is 0.833. The van der Waals surface area contributed by atoms with Gasteiger partial charge in [0.1, 0.15) is 0 Å². The normalized spacial score (nSPS) is 17.2. The van der Waals surface area contributed by atoms with Crippen molar-refractivity contribution in [3.05, 3.63) is 27.3 Å². The zero-order valence-corrected chi connectivity index (χ0v) is 12.9. The van der Waals surface area contributed by atoms with Crippen LogP contribution in [0.4, 0.5) is 5.69 Å². The molecule has 0 spiro atoms. The van der Waals surface area contributed by atoms with Gasteiger partial charge in [-0.25, -0.2) is 4.79 Å². The lowest BCUT2D eigenvalue weighted by molar-refractivity contribution is -0.124. The van der Waals surface area contributed by atoms with E-state index in [0.717, 1.165) is 29.3 Å². The molecular weight excluding hydrogens is 357 g/mol. The molecule has 0 saturated heterocycles.